The monoisotopic (exact) mass is 189 g/mol. The van der Waals surface area contributed by atoms with Crippen molar-refractivity contribution < 1.29 is 4.79 Å². The van der Waals surface area contributed by atoms with Crippen LogP contribution in [0, 0.1) is 0 Å². The van der Waals surface area contributed by atoms with Gasteiger partial charge in [-0.2, -0.15) is 0 Å². The van der Waals surface area contributed by atoms with Crippen LogP contribution in [0.3, 0.4) is 0 Å². The Balaban J connectivity index is 2.60. The highest BCUT2D eigenvalue weighted by molar-refractivity contribution is 5.65. The number of carbonyl (C=O) groups excluding carboxylic acids is 1. The Morgan fingerprint density at radius 3 is 2.64 bits per heavy atom. The summed E-state index contributed by atoms with van der Waals surface area (Å²) in [5, 5.41) is 2.66. The third-order valence-electron chi connectivity index (χ3n) is 2.12. The van der Waals surface area contributed by atoms with Crippen molar-refractivity contribution in [2.24, 2.45) is 0 Å². The van der Waals surface area contributed by atoms with Crippen LogP contribution in [0.2, 0.25) is 0 Å². The van der Waals surface area contributed by atoms with Gasteiger partial charge in [0.2, 0.25) is 6.41 Å². The van der Waals surface area contributed by atoms with Gasteiger partial charge in [0.25, 0.3) is 0 Å². The summed E-state index contributed by atoms with van der Waals surface area (Å²) in [5.74, 6) is 0. The van der Waals surface area contributed by atoms with E-state index < -0.39 is 0 Å². The first kappa shape index (κ1) is 10.5. The third-order valence-corrected chi connectivity index (χ3v) is 2.12. The van der Waals surface area contributed by atoms with Gasteiger partial charge in [-0.25, -0.2) is 0 Å². The van der Waals surface area contributed by atoms with E-state index in [0.717, 1.165) is 12.8 Å². The summed E-state index contributed by atoms with van der Waals surface area (Å²) in [5.41, 5.74) is 2.49. The summed E-state index contributed by atoms with van der Waals surface area (Å²) >= 11 is 0. The fraction of sp³-hybridized carbons (Fsp3) is 0.250. The molecule has 0 atom stereocenters. The van der Waals surface area contributed by atoms with Crippen molar-refractivity contribution in [1.29, 1.82) is 0 Å². The molecule has 0 aromatic heterocycles. The minimum atomic E-state index is 0.693. The molecule has 0 aliphatic rings. The number of allylic oxidation sites excluding steroid dienone is 1. The van der Waals surface area contributed by atoms with E-state index in [0.29, 0.717) is 6.54 Å². The Kier molecular flexibility index (Phi) is 4.48. The zero-order chi connectivity index (χ0) is 10.2. The zero-order valence-corrected chi connectivity index (χ0v) is 8.36. The Bertz CT molecular complexity index is 303. The van der Waals surface area contributed by atoms with Gasteiger partial charge in [0, 0.05) is 6.54 Å². The van der Waals surface area contributed by atoms with Gasteiger partial charge in [-0.15, -0.1) is 0 Å². The van der Waals surface area contributed by atoms with Gasteiger partial charge in [-0.1, -0.05) is 36.4 Å². The largest absolute Gasteiger partial charge is 0.358 e. The van der Waals surface area contributed by atoms with E-state index in [1.165, 1.54) is 11.1 Å². The van der Waals surface area contributed by atoms with Crippen molar-refractivity contribution in [1.82, 2.24) is 5.32 Å². The van der Waals surface area contributed by atoms with Crippen LogP contribution in [-0.2, 0) is 4.79 Å². The Hall–Kier alpha value is -1.57. The first-order valence-corrected chi connectivity index (χ1v) is 4.76. The normalized spacial score (nSPS) is 11.1. The molecule has 0 bridgehead atoms. The van der Waals surface area contributed by atoms with E-state index in [-0.39, 0.29) is 0 Å². The fourth-order valence-electron chi connectivity index (χ4n) is 1.37. The molecule has 0 aliphatic carbocycles. The predicted molar refractivity (Wildman–Crippen MR) is 58.8 cm³/mol. The van der Waals surface area contributed by atoms with Crippen molar-refractivity contribution >= 4 is 12.0 Å². The molecule has 0 unspecified atom stereocenters. The van der Waals surface area contributed by atoms with Crippen molar-refractivity contribution in [3.05, 3.63) is 42.0 Å². The van der Waals surface area contributed by atoms with E-state index in [1.807, 2.05) is 25.1 Å². The first-order chi connectivity index (χ1) is 6.88. The summed E-state index contributed by atoms with van der Waals surface area (Å²) in [4.78, 5) is 10.1. The molecule has 0 fully saturated rings. The van der Waals surface area contributed by atoms with E-state index in [2.05, 4.69) is 23.5 Å². The molecule has 1 N–H and O–H groups in total. The molecule has 0 spiro atoms. The average molecular weight is 189 g/mol. The smallest absolute Gasteiger partial charge is 0.207 e. The van der Waals surface area contributed by atoms with Gasteiger partial charge in [0.15, 0.2) is 0 Å². The molecule has 0 saturated carbocycles. The SMILES string of the molecule is C/C=C(/CCNC=O)c1ccccc1. The molecule has 0 radical (unpaired) electrons. The van der Waals surface area contributed by atoms with Crippen molar-refractivity contribution in [3.63, 3.8) is 0 Å². The van der Waals surface area contributed by atoms with E-state index in [1.54, 1.807) is 0 Å². The Labute approximate surface area is 84.6 Å². The van der Waals surface area contributed by atoms with Gasteiger partial charge in [0.1, 0.15) is 0 Å². The molecule has 1 rings (SSSR count). The number of amides is 1. The standard InChI is InChI=1S/C12H15NO/c1-2-11(8-9-13-10-14)12-6-4-3-5-7-12/h2-7,10H,8-9H2,1H3,(H,13,14)/b11-2-. The molecule has 1 amide bonds. The van der Waals surface area contributed by atoms with Gasteiger partial charge >= 0.3 is 0 Å². The summed E-state index contributed by atoms with van der Waals surface area (Å²) in [7, 11) is 0. The molecule has 2 nitrogen and oxygen atoms in total. The summed E-state index contributed by atoms with van der Waals surface area (Å²) < 4.78 is 0. The van der Waals surface area contributed by atoms with Crippen LogP contribution in [-0.4, -0.2) is 13.0 Å². The Morgan fingerprint density at radius 1 is 1.36 bits per heavy atom. The van der Waals surface area contributed by atoms with Crippen molar-refractivity contribution in [3.8, 4) is 0 Å². The van der Waals surface area contributed by atoms with E-state index in [4.69, 9.17) is 0 Å². The maximum atomic E-state index is 10.1. The van der Waals surface area contributed by atoms with Crippen LogP contribution in [0.4, 0.5) is 0 Å². The second-order valence-corrected chi connectivity index (χ2v) is 3.00. The van der Waals surface area contributed by atoms with Gasteiger partial charge < -0.3 is 5.32 Å². The third kappa shape index (κ3) is 3.05. The number of hydrogen-bond donors (Lipinski definition) is 1. The Morgan fingerprint density at radius 2 is 2.07 bits per heavy atom. The molecule has 14 heavy (non-hydrogen) atoms. The molecular formula is C12H15NO. The lowest BCUT2D eigenvalue weighted by Crippen LogP contribution is -2.12. The molecule has 2 heteroatoms. The van der Waals surface area contributed by atoms with Crippen LogP contribution >= 0.6 is 0 Å². The predicted octanol–water partition coefficient (Wildman–Crippen LogP) is 2.23. The van der Waals surface area contributed by atoms with Gasteiger partial charge in [0.05, 0.1) is 0 Å². The average Bonchev–Trinajstić information content (AvgIpc) is 2.26. The van der Waals surface area contributed by atoms with Crippen LogP contribution in [0.25, 0.3) is 5.57 Å². The van der Waals surface area contributed by atoms with E-state index >= 15 is 0 Å². The lowest BCUT2D eigenvalue weighted by atomic mass is 10.0. The maximum Gasteiger partial charge on any atom is 0.207 e. The lowest BCUT2D eigenvalue weighted by Gasteiger charge is -2.06. The fourth-order valence-corrected chi connectivity index (χ4v) is 1.37. The highest BCUT2D eigenvalue weighted by Gasteiger charge is 1.98. The minimum absolute atomic E-state index is 0.693. The number of benzene rings is 1. The number of hydrogen-bond acceptors (Lipinski definition) is 1. The molecule has 0 saturated heterocycles. The topological polar surface area (TPSA) is 29.1 Å². The van der Waals surface area contributed by atoms with Crippen LogP contribution in [0.5, 0.6) is 0 Å². The van der Waals surface area contributed by atoms with Gasteiger partial charge in [-0.3, -0.25) is 4.79 Å². The highest BCUT2D eigenvalue weighted by atomic mass is 16.1. The van der Waals surface area contributed by atoms with Crippen LogP contribution in [0.1, 0.15) is 18.9 Å². The molecule has 74 valence electrons. The number of nitrogens with one attached hydrogen (secondary N) is 1. The van der Waals surface area contributed by atoms with Crippen LogP contribution in [0.15, 0.2) is 36.4 Å². The molecular weight excluding hydrogens is 174 g/mol. The van der Waals surface area contributed by atoms with Crippen LogP contribution < -0.4 is 5.32 Å². The summed E-state index contributed by atoms with van der Waals surface area (Å²) in [6.45, 7) is 2.71. The number of rotatable bonds is 5. The molecule has 1 aromatic carbocycles. The number of carbonyl (C=O) groups is 1. The molecule has 0 aliphatic heterocycles. The first-order valence-electron chi connectivity index (χ1n) is 4.76. The molecule has 0 heterocycles. The zero-order valence-electron chi connectivity index (χ0n) is 8.36. The molecule has 1 aromatic rings. The lowest BCUT2D eigenvalue weighted by molar-refractivity contribution is -0.109. The maximum absolute atomic E-state index is 10.1. The van der Waals surface area contributed by atoms with Gasteiger partial charge in [-0.05, 0) is 24.5 Å². The van der Waals surface area contributed by atoms with Crippen molar-refractivity contribution in [2.45, 2.75) is 13.3 Å². The second-order valence-electron chi connectivity index (χ2n) is 3.00. The quantitative estimate of drug-likeness (QED) is 0.558. The summed E-state index contributed by atoms with van der Waals surface area (Å²) in [6.07, 6.45) is 3.69. The van der Waals surface area contributed by atoms with E-state index in [9.17, 15) is 4.79 Å². The highest BCUT2D eigenvalue weighted by Crippen LogP contribution is 2.16. The van der Waals surface area contributed by atoms with Crippen molar-refractivity contribution in [2.75, 3.05) is 6.54 Å². The minimum Gasteiger partial charge on any atom is -0.358 e. The summed E-state index contributed by atoms with van der Waals surface area (Å²) in [6, 6.07) is 10.2. The second kappa shape index (κ2) is 5.97.